The van der Waals surface area contributed by atoms with Gasteiger partial charge in [-0.05, 0) is 30.2 Å². The maximum atomic E-state index is 13.2. The van der Waals surface area contributed by atoms with Crippen LogP contribution in [0.1, 0.15) is 29.9 Å². The summed E-state index contributed by atoms with van der Waals surface area (Å²) in [4.78, 5) is 13.2. The number of fused-ring (bicyclic) bond motifs is 1. The van der Waals surface area contributed by atoms with Gasteiger partial charge < -0.3 is 10.7 Å². The minimum atomic E-state index is -0.415. The van der Waals surface area contributed by atoms with E-state index < -0.39 is 5.25 Å². The Kier molecular flexibility index (Phi) is 5.28. The molecule has 3 aromatic rings. The van der Waals surface area contributed by atoms with Crippen LogP contribution in [0.3, 0.4) is 0 Å². The smallest absolute Gasteiger partial charge is 0.240 e. The summed E-state index contributed by atoms with van der Waals surface area (Å²) in [5, 5.41) is 12.4. The molecule has 28 heavy (non-hydrogen) atoms. The molecule has 1 amide bonds. The van der Waals surface area contributed by atoms with Gasteiger partial charge in [-0.3, -0.25) is 4.79 Å². The number of amides is 1. The molecule has 0 aliphatic carbocycles. The van der Waals surface area contributed by atoms with Crippen molar-refractivity contribution in [3.05, 3.63) is 70.5 Å². The summed E-state index contributed by atoms with van der Waals surface area (Å²) in [6, 6.07) is 15.2. The van der Waals surface area contributed by atoms with Crippen LogP contribution in [0, 0.1) is 6.92 Å². The first kappa shape index (κ1) is 18.8. The molecule has 2 heterocycles. The summed E-state index contributed by atoms with van der Waals surface area (Å²) in [6.45, 7) is 3.92. The van der Waals surface area contributed by atoms with E-state index in [1.165, 1.54) is 11.8 Å². The number of nitrogens with zero attached hydrogens (tertiary/aromatic N) is 3. The second-order valence-corrected chi connectivity index (χ2v) is 8.06. The summed E-state index contributed by atoms with van der Waals surface area (Å²) >= 11 is 7.62. The lowest BCUT2D eigenvalue weighted by molar-refractivity contribution is -0.116. The first-order chi connectivity index (χ1) is 13.6. The van der Waals surface area contributed by atoms with Crippen molar-refractivity contribution in [1.82, 2.24) is 14.9 Å². The number of aromatic nitrogens is 3. The number of carbonyl (C=O) groups is 1. The van der Waals surface area contributed by atoms with Gasteiger partial charge >= 0.3 is 0 Å². The van der Waals surface area contributed by atoms with Crippen molar-refractivity contribution in [3.63, 3.8) is 0 Å². The lowest BCUT2D eigenvalue weighted by Crippen LogP contribution is -2.41. The highest BCUT2D eigenvalue weighted by Crippen LogP contribution is 2.38. The first-order valence-corrected chi connectivity index (χ1v) is 10.3. The van der Waals surface area contributed by atoms with Gasteiger partial charge in [0.15, 0.2) is 5.82 Å². The van der Waals surface area contributed by atoms with E-state index in [2.05, 4.69) is 20.9 Å². The van der Waals surface area contributed by atoms with Crippen molar-refractivity contribution in [3.8, 4) is 0 Å². The van der Waals surface area contributed by atoms with Gasteiger partial charge in [-0.1, -0.05) is 66.7 Å². The molecule has 2 aromatic carbocycles. The average molecular weight is 414 g/mol. The number of rotatable bonds is 4. The Morgan fingerprint density at radius 2 is 2.00 bits per heavy atom. The number of hydrogen-bond donors (Lipinski definition) is 2. The third-order valence-corrected chi connectivity index (χ3v) is 6.39. The predicted molar refractivity (Wildman–Crippen MR) is 112 cm³/mol. The van der Waals surface area contributed by atoms with Gasteiger partial charge in [0.25, 0.3) is 0 Å². The Morgan fingerprint density at radius 3 is 2.75 bits per heavy atom. The summed E-state index contributed by atoms with van der Waals surface area (Å²) in [5.74, 6) is 0.733. The molecule has 0 spiro atoms. The molecule has 1 aliphatic heterocycles. The Balaban J connectivity index is 1.68. The highest BCUT2D eigenvalue weighted by Gasteiger charge is 2.37. The molecule has 0 bridgehead atoms. The van der Waals surface area contributed by atoms with Gasteiger partial charge in [0.05, 0.1) is 6.04 Å². The van der Waals surface area contributed by atoms with Crippen LogP contribution in [0.25, 0.3) is 0 Å². The number of halogens is 1. The van der Waals surface area contributed by atoms with Crippen LogP contribution in [0.5, 0.6) is 0 Å². The number of hydrogen-bond acceptors (Lipinski definition) is 5. The van der Waals surface area contributed by atoms with E-state index in [4.69, 9.17) is 11.6 Å². The number of thioether (sulfide) groups is 1. The quantitative estimate of drug-likeness (QED) is 0.670. The van der Waals surface area contributed by atoms with Crippen molar-refractivity contribution in [2.24, 2.45) is 0 Å². The molecule has 0 radical (unpaired) electrons. The summed E-state index contributed by atoms with van der Waals surface area (Å²) < 4.78 is 1.89. The van der Waals surface area contributed by atoms with Crippen LogP contribution in [0.2, 0.25) is 5.02 Å². The van der Waals surface area contributed by atoms with Crippen molar-refractivity contribution in [2.75, 3.05) is 10.7 Å². The van der Waals surface area contributed by atoms with Crippen molar-refractivity contribution in [1.29, 1.82) is 0 Å². The molecule has 0 unspecified atom stereocenters. The normalized spacial score (nSPS) is 18.2. The Morgan fingerprint density at radius 1 is 1.21 bits per heavy atom. The lowest BCUT2D eigenvalue weighted by atomic mass is 10.0. The van der Waals surface area contributed by atoms with E-state index in [9.17, 15) is 4.79 Å². The van der Waals surface area contributed by atoms with Gasteiger partial charge in [-0.25, -0.2) is 4.68 Å². The molecular formula is C20H20ClN5OS. The van der Waals surface area contributed by atoms with Crippen LogP contribution in [-0.2, 0) is 11.2 Å². The zero-order chi connectivity index (χ0) is 19.7. The van der Waals surface area contributed by atoms with Gasteiger partial charge in [-0.15, -0.1) is 10.2 Å². The standard InChI is InChI=1S/C20H20ClN5OS/c1-3-16-23-24-20-26(16)25-17(13-8-5-4-6-9-13)18(28-20)19(27)22-15-11-7-10-14(21)12(15)2/h4-11,17-18,25H,3H2,1-2H3,(H,22,27)/t17-,18-/m0/s1. The molecule has 8 heteroatoms. The third-order valence-electron chi connectivity index (χ3n) is 4.76. The van der Waals surface area contributed by atoms with Gasteiger partial charge in [0.1, 0.15) is 5.25 Å². The molecule has 0 fully saturated rings. The second-order valence-electron chi connectivity index (χ2n) is 6.55. The number of aryl methyl sites for hydroxylation is 1. The first-order valence-electron chi connectivity index (χ1n) is 9.07. The van der Waals surface area contributed by atoms with Crippen molar-refractivity contribution < 1.29 is 4.79 Å². The lowest BCUT2D eigenvalue weighted by Gasteiger charge is -2.33. The second kappa shape index (κ2) is 7.85. The summed E-state index contributed by atoms with van der Waals surface area (Å²) in [5.41, 5.74) is 6.03. The van der Waals surface area contributed by atoms with Crippen LogP contribution in [-0.4, -0.2) is 26.0 Å². The molecular weight excluding hydrogens is 394 g/mol. The Hall–Kier alpha value is -2.51. The van der Waals surface area contributed by atoms with Gasteiger partial charge in [0, 0.05) is 17.1 Å². The van der Waals surface area contributed by atoms with E-state index >= 15 is 0 Å². The minimum absolute atomic E-state index is 0.107. The number of anilines is 1. The fourth-order valence-corrected chi connectivity index (χ4v) is 4.46. The van der Waals surface area contributed by atoms with Crippen LogP contribution in [0.15, 0.2) is 53.7 Å². The predicted octanol–water partition coefficient (Wildman–Crippen LogP) is 4.20. The zero-order valence-electron chi connectivity index (χ0n) is 15.5. The van der Waals surface area contributed by atoms with Crippen molar-refractivity contribution in [2.45, 2.75) is 36.7 Å². The van der Waals surface area contributed by atoms with E-state index in [-0.39, 0.29) is 11.9 Å². The zero-order valence-corrected chi connectivity index (χ0v) is 17.1. The fraction of sp³-hybridized carbons (Fsp3) is 0.250. The van der Waals surface area contributed by atoms with Crippen LogP contribution in [0.4, 0.5) is 5.69 Å². The summed E-state index contributed by atoms with van der Waals surface area (Å²) in [6.07, 6.45) is 0.751. The molecule has 2 atom stereocenters. The minimum Gasteiger partial charge on any atom is -0.325 e. The molecule has 1 aliphatic rings. The molecule has 6 nitrogen and oxygen atoms in total. The fourth-order valence-electron chi connectivity index (χ4n) is 3.18. The van der Waals surface area contributed by atoms with Crippen LogP contribution < -0.4 is 10.7 Å². The van der Waals surface area contributed by atoms with E-state index in [0.717, 1.165) is 23.4 Å². The molecule has 144 valence electrons. The number of nitrogens with one attached hydrogen (secondary N) is 2. The average Bonchev–Trinajstić information content (AvgIpc) is 3.13. The number of carbonyl (C=O) groups excluding carboxylic acids is 1. The van der Waals surface area contributed by atoms with E-state index in [1.807, 2.05) is 67.1 Å². The Labute approximate surface area is 172 Å². The largest absolute Gasteiger partial charge is 0.325 e. The van der Waals surface area contributed by atoms with Gasteiger partial charge in [-0.2, -0.15) is 0 Å². The van der Waals surface area contributed by atoms with Crippen molar-refractivity contribution >= 4 is 35.0 Å². The van der Waals surface area contributed by atoms with E-state index in [1.54, 1.807) is 0 Å². The maximum Gasteiger partial charge on any atom is 0.240 e. The maximum absolute atomic E-state index is 13.2. The molecule has 2 N–H and O–H groups in total. The van der Waals surface area contributed by atoms with Gasteiger partial charge in [0.2, 0.25) is 11.1 Å². The molecule has 0 saturated carbocycles. The highest BCUT2D eigenvalue weighted by atomic mass is 35.5. The Bertz CT molecular complexity index is 1010. The summed E-state index contributed by atoms with van der Waals surface area (Å²) in [7, 11) is 0. The topological polar surface area (TPSA) is 71.8 Å². The third kappa shape index (κ3) is 3.47. The molecule has 0 saturated heterocycles. The van der Waals surface area contributed by atoms with E-state index in [0.29, 0.717) is 15.9 Å². The van der Waals surface area contributed by atoms with Crippen LogP contribution >= 0.6 is 23.4 Å². The molecule has 4 rings (SSSR count). The highest BCUT2D eigenvalue weighted by molar-refractivity contribution is 8.00. The molecule has 1 aromatic heterocycles. The number of benzene rings is 2. The monoisotopic (exact) mass is 413 g/mol. The SMILES string of the molecule is CCc1nnc2n1N[C@@H](c1ccccc1)[C@@H](C(=O)Nc1cccc(Cl)c1C)S2.